The molecule has 124 valence electrons. The standard InChI is InChI=1S/C20H28N2O/c1-3-13-22-15-6-12-20(22)11-5-14-21(16-20)19(23)18-9-7-17(4-2)8-10-18/h3,7-10H,1,4-6,11-16H2,2H3/t20-/m0/s1. The zero-order valence-electron chi connectivity index (χ0n) is 14.3. The summed E-state index contributed by atoms with van der Waals surface area (Å²) in [5.74, 6) is 0.192. The van der Waals surface area contributed by atoms with Crippen LogP contribution in [0.1, 0.15) is 48.5 Å². The van der Waals surface area contributed by atoms with Gasteiger partial charge in [0.25, 0.3) is 5.91 Å². The molecule has 0 radical (unpaired) electrons. The van der Waals surface area contributed by atoms with Crippen LogP contribution in [0, 0.1) is 0 Å². The zero-order valence-corrected chi connectivity index (χ0v) is 14.3. The third-order valence-corrected chi connectivity index (χ3v) is 5.54. The van der Waals surface area contributed by atoms with Gasteiger partial charge in [0, 0.05) is 30.7 Å². The number of benzene rings is 1. The van der Waals surface area contributed by atoms with E-state index >= 15 is 0 Å². The number of rotatable bonds is 4. The van der Waals surface area contributed by atoms with Gasteiger partial charge in [-0.1, -0.05) is 25.1 Å². The van der Waals surface area contributed by atoms with Gasteiger partial charge < -0.3 is 4.90 Å². The molecule has 0 bridgehead atoms. The molecular weight excluding hydrogens is 284 g/mol. The first-order valence-corrected chi connectivity index (χ1v) is 8.93. The highest BCUT2D eigenvalue weighted by molar-refractivity contribution is 5.94. The maximum Gasteiger partial charge on any atom is 0.253 e. The predicted octanol–water partition coefficient (Wildman–Crippen LogP) is 3.51. The van der Waals surface area contributed by atoms with Crippen molar-refractivity contribution < 1.29 is 4.79 Å². The summed E-state index contributed by atoms with van der Waals surface area (Å²) in [7, 11) is 0. The van der Waals surface area contributed by atoms with Crippen LogP contribution in [0.4, 0.5) is 0 Å². The second-order valence-corrected chi connectivity index (χ2v) is 6.94. The highest BCUT2D eigenvalue weighted by Crippen LogP contribution is 2.37. The molecule has 1 amide bonds. The smallest absolute Gasteiger partial charge is 0.253 e. The van der Waals surface area contributed by atoms with Crippen LogP contribution in [0.2, 0.25) is 0 Å². The van der Waals surface area contributed by atoms with E-state index in [0.29, 0.717) is 0 Å². The average molecular weight is 312 g/mol. The van der Waals surface area contributed by atoms with E-state index in [-0.39, 0.29) is 11.4 Å². The molecule has 2 aliphatic rings. The Kier molecular flexibility index (Phi) is 4.86. The SMILES string of the molecule is C=CCN1CCC[C@]12CCCN(C(=O)c1ccc(CC)cc1)C2. The second kappa shape index (κ2) is 6.88. The fourth-order valence-corrected chi connectivity index (χ4v) is 4.25. The molecule has 0 saturated carbocycles. The maximum absolute atomic E-state index is 12.9. The van der Waals surface area contributed by atoms with E-state index in [2.05, 4.69) is 35.4 Å². The fourth-order valence-electron chi connectivity index (χ4n) is 4.25. The number of likely N-dealkylation sites (tertiary alicyclic amines) is 2. The van der Waals surface area contributed by atoms with Crippen LogP contribution in [0.15, 0.2) is 36.9 Å². The molecule has 1 atom stereocenters. The van der Waals surface area contributed by atoms with Crippen LogP contribution in [-0.4, -0.2) is 47.4 Å². The van der Waals surface area contributed by atoms with Crippen molar-refractivity contribution in [3.8, 4) is 0 Å². The van der Waals surface area contributed by atoms with Gasteiger partial charge in [0.15, 0.2) is 0 Å². The van der Waals surface area contributed by atoms with Gasteiger partial charge in [-0.2, -0.15) is 0 Å². The molecule has 1 aromatic rings. The van der Waals surface area contributed by atoms with E-state index in [1.807, 2.05) is 18.2 Å². The number of nitrogens with zero attached hydrogens (tertiary/aromatic N) is 2. The highest BCUT2D eigenvalue weighted by atomic mass is 16.2. The Hall–Kier alpha value is -1.61. The Morgan fingerprint density at radius 3 is 2.57 bits per heavy atom. The van der Waals surface area contributed by atoms with Crippen LogP contribution in [-0.2, 0) is 6.42 Å². The molecule has 23 heavy (non-hydrogen) atoms. The number of hydrogen-bond donors (Lipinski definition) is 0. The molecule has 2 saturated heterocycles. The molecular formula is C20H28N2O. The van der Waals surface area contributed by atoms with E-state index in [4.69, 9.17) is 0 Å². The average Bonchev–Trinajstić information content (AvgIpc) is 2.96. The van der Waals surface area contributed by atoms with Gasteiger partial charge in [0.05, 0.1) is 0 Å². The Morgan fingerprint density at radius 1 is 1.22 bits per heavy atom. The Labute approximate surface area is 140 Å². The highest BCUT2D eigenvalue weighted by Gasteiger charge is 2.44. The lowest BCUT2D eigenvalue weighted by Crippen LogP contribution is -2.56. The molecule has 1 aromatic carbocycles. The molecule has 2 aliphatic heterocycles. The molecule has 0 N–H and O–H groups in total. The number of hydrogen-bond acceptors (Lipinski definition) is 2. The summed E-state index contributed by atoms with van der Waals surface area (Å²) in [5, 5.41) is 0. The van der Waals surface area contributed by atoms with Crippen LogP contribution in [0.3, 0.4) is 0 Å². The summed E-state index contributed by atoms with van der Waals surface area (Å²) in [5.41, 5.74) is 2.29. The summed E-state index contributed by atoms with van der Waals surface area (Å²) in [6.07, 6.45) is 7.77. The Balaban J connectivity index is 1.74. The lowest BCUT2D eigenvalue weighted by molar-refractivity contribution is 0.0367. The van der Waals surface area contributed by atoms with Gasteiger partial charge in [0.1, 0.15) is 0 Å². The molecule has 2 heterocycles. The molecule has 0 aromatic heterocycles. The molecule has 0 unspecified atom stereocenters. The summed E-state index contributed by atoms with van der Waals surface area (Å²) in [6, 6.07) is 8.12. The lowest BCUT2D eigenvalue weighted by atomic mass is 9.86. The van der Waals surface area contributed by atoms with Crippen LogP contribution < -0.4 is 0 Å². The molecule has 3 heteroatoms. The summed E-state index contributed by atoms with van der Waals surface area (Å²) >= 11 is 0. The van der Waals surface area contributed by atoms with Crippen molar-refractivity contribution in [3.05, 3.63) is 48.0 Å². The van der Waals surface area contributed by atoms with Gasteiger partial charge in [-0.25, -0.2) is 0 Å². The first kappa shape index (κ1) is 16.3. The van der Waals surface area contributed by atoms with Crippen LogP contribution in [0.25, 0.3) is 0 Å². The number of piperidine rings is 1. The summed E-state index contributed by atoms with van der Waals surface area (Å²) in [6.45, 7) is 9.87. The minimum Gasteiger partial charge on any atom is -0.337 e. The van der Waals surface area contributed by atoms with Crippen molar-refractivity contribution in [1.82, 2.24) is 9.80 Å². The van der Waals surface area contributed by atoms with E-state index in [0.717, 1.165) is 44.6 Å². The maximum atomic E-state index is 12.9. The van der Waals surface area contributed by atoms with Crippen molar-refractivity contribution in [2.24, 2.45) is 0 Å². The van der Waals surface area contributed by atoms with Crippen molar-refractivity contribution in [2.45, 2.75) is 44.6 Å². The first-order chi connectivity index (χ1) is 11.2. The topological polar surface area (TPSA) is 23.6 Å². The second-order valence-electron chi connectivity index (χ2n) is 6.94. The molecule has 0 aliphatic carbocycles. The number of carbonyl (C=O) groups is 1. The Morgan fingerprint density at radius 2 is 1.91 bits per heavy atom. The van der Waals surface area contributed by atoms with E-state index < -0.39 is 0 Å². The van der Waals surface area contributed by atoms with Crippen molar-refractivity contribution in [3.63, 3.8) is 0 Å². The van der Waals surface area contributed by atoms with E-state index in [1.165, 1.54) is 24.8 Å². The quantitative estimate of drug-likeness (QED) is 0.794. The van der Waals surface area contributed by atoms with E-state index in [9.17, 15) is 4.79 Å². The van der Waals surface area contributed by atoms with Gasteiger partial charge in [0.2, 0.25) is 0 Å². The van der Waals surface area contributed by atoms with Gasteiger partial charge in [-0.05, 0) is 56.3 Å². The normalized spacial score (nSPS) is 25.0. The van der Waals surface area contributed by atoms with E-state index in [1.54, 1.807) is 0 Å². The van der Waals surface area contributed by atoms with Crippen molar-refractivity contribution >= 4 is 5.91 Å². The molecule has 1 spiro atoms. The Bertz CT molecular complexity index is 566. The van der Waals surface area contributed by atoms with Crippen LogP contribution >= 0.6 is 0 Å². The number of carbonyl (C=O) groups excluding carboxylic acids is 1. The molecule has 3 rings (SSSR count). The summed E-state index contributed by atoms with van der Waals surface area (Å²) < 4.78 is 0. The third kappa shape index (κ3) is 3.20. The lowest BCUT2D eigenvalue weighted by Gasteiger charge is -2.45. The monoisotopic (exact) mass is 312 g/mol. The molecule has 2 fully saturated rings. The van der Waals surface area contributed by atoms with Crippen LogP contribution in [0.5, 0.6) is 0 Å². The van der Waals surface area contributed by atoms with Gasteiger partial charge in [-0.15, -0.1) is 6.58 Å². The van der Waals surface area contributed by atoms with Gasteiger partial charge >= 0.3 is 0 Å². The minimum atomic E-state index is 0.186. The largest absolute Gasteiger partial charge is 0.337 e. The minimum absolute atomic E-state index is 0.186. The zero-order chi connectivity index (χ0) is 16.3. The van der Waals surface area contributed by atoms with Crippen molar-refractivity contribution in [1.29, 1.82) is 0 Å². The third-order valence-electron chi connectivity index (χ3n) is 5.54. The van der Waals surface area contributed by atoms with Gasteiger partial charge in [-0.3, -0.25) is 9.69 Å². The molecule has 3 nitrogen and oxygen atoms in total. The fraction of sp³-hybridized carbons (Fsp3) is 0.550. The van der Waals surface area contributed by atoms with Crippen molar-refractivity contribution in [2.75, 3.05) is 26.2 Å². The predicted molar refractivity (Wildman–Crippen MR) is 94.7 cm³/mol. The summed E-state index contributed by atoms with van der Waals surface area (Å²) in [4.78, 5) is 17.5. The number of amides is 1. The number of aryl methyl sites for hydroxylation is 1. The first-order valence-electron chi connectivity index (χ1n) is 8.93.